The first-order valence-corrected chi connectivity index (χ1v) is 12.4. The lowest BCUT2D eigenvalue weighted by molar-refractivity contribution is -0.161. The van der Waals surface area contributed by atoms with Gasteiger partial charge in [-0.3, -0.25) is 4.79 Å². The second-order valence-electron chi connectivity index (χ2n) is 9.76. The zero-order chi connectivity index (χ0) is 22.9. The highest BCUT2D eigenvalue weighted by Crippen LogP contribution is 2.60. The van der Waals surface area contributed by atoms with Crippen molar-refractivity contribution in [1.29, 1.82) is 0 Å². The van der Waals surface area contributed by atoms with E-state index in [0.29, 0.717) is 31.8 Å². The maximum Gasteiger partial charge on any atom is 0.165 e. The number of hydrogen-bond acceptors (Lipinski definition) is 5. The third-order valence-corrected chi connectivity index (χ3v) is 8.05. The summed E-state index contributed by atoms with van der Waals surface area (Å²) in [4.78, 5) is 12.9. The predicted octanol–water partition coefficient (Wildman–Crippen LogP) is 4.74. The Balaban J connectivity index is 1.62. The molecule has 1 saturated heterocycles. The van der Waals surface area contributed by atoms with Gasteiger partial charge in [-0.15, -0.1) is 0 Å². The molecule has 3 aliphatic rings. The number of unbranched alkanes of at least 4 members (excludes halogenated alkanes) is 1. The van der Waals surface area contributed by atoms with Gasteiger partial charge < -0.3 is 19.5 Å². The summed E-state index contributed by atoms with van der Waals surface area (Å²) >= 11 is 0. The molecule has 5 nitrogen and oxygen atoms in total. The second-order valence-corrected chi connectivity index (χ2v) is 9.76. The van der Waals surface area contributed by atoms with Crippen LogP contribution in [0.5, 0.6) is 11.5 Å². The molecule has 2 fully saturated rings. The van der Waals surface area contributed by atoms with Gasteiger partial charge in [-0.05, 0) is 49.4 Å². The molecule has 176 valence electrons. The van der Waals surface area contributed by atoms with Gasteiger partial charge in [0.15, 0.2) is 11.5 Å². The first kappa shape index (κ1) is 22.4. The van der Waals surface area contributed by atoms with Gasteiger partial charge in [-0.2, -0.15) is 0 Å². The summed E-state index contributed by atoms with van der Waals surface area (Å²) in [6.07, 6.45) is 5.63. The average molecular weight is 450 g/mol. The smallest absolute Gasteiger partial charge is 0.165 e. The van der Waals surface area contributed by atoms with Crippen molar-refractivity contribution >= 4 is 5.78 Å². The van der Waals surface area contributed by atoms with Crippen LogP contribution in [0.1, 0.15) is 62.1 Å². The Morgan fingerprint density at radius 1 is 1.09 bits per heavy atom. The molecule has 0 unspecified atom stereocenters. The highest BCUT2D eigenvalue weighted by Gasteiger charge is 2.65. The molecule has 0 aromatic heterocycles. The van der Waals surface area contributed by atoms with Crippen LogP contribution in [0.15, 0.2) is 42.5 Å². The van der Waals surface area contributed by atoms with Gasteiger partial charge in [0, 0.05) is 37.0 Å². The van der Waals surface area contributed by atoms with Crippen molar-refractivity contribution in [2.45, 2.75) is 75.5 Å². The quantitative estimate of drug-likeness (QED) is 0.590. The number of nitrogens with one attached hydrogen (secondary N) is 1. The van der Waals surface area contributed by atoms with E-state index >= 15 is 0 Å². The molecule has 1 saturated carbocycles. The predicted molar refractivity (Wildman–Crippen MR) is 128 cm³/mol. The van der Waals surface area contributed by atoms with Crippen LogP contribution < -0.4 is 14.8 Å². The molecular formula is C28H35NO4. The Labute approximate surface area is 196 Å². The van der Waals surface area contributed by atoms with Crippen LogP contribution in [-0.2, 0) is 28.0 Å². The Morgan fingerprint density at radius 2 is 1.94 bits per heavy atom. The molecular weight excluding hydrogens is 414 g/mol. The third kappa shape index (κ3) is 3.66. The summed E-state index contributed by atoms with van der Waals surface area (Å²) in [6, 6.07) is 14.7. The van der Waals surface area contributed by atoms with Crippen molar-refractivity contribution in [2.24, 2.45) is 0 Å². The minimum atomic E-state index is -0.396. The zero-order valence-corrected chi connectivity index (χ0v) is 19.8. The number of ether oxygens (including phenoxy) is 3. The zero-order valence-electron chi connectivity index (χ0n) is 19.8. The summed E-state index contributed by atoms with van der Waals surface area (Å²) in [7, 11) is 1.82. The SMILES string of the molecule is CCCCOc1c(OCc2ccccc2)ccc2c1[C@]13CCN[C@@H](C2)[C@]1(OC)CCC(=O)C3. The lowest BCUT2D eigenvalue weighted by Gasteiger charge is -2.62. The van der Waals surface area contributed by atoms with Crippen molar-refractivity contribution in [1.82, 2.24) is 5.32 Å². The molecule has 2 bridgehead atoms. The number of carbonyl (C=O) groups excluding carboxylic acids is 1. The van der Waals surface area contributed by atoms with E-state index < -0.39 is 5.60 Å². The number of benzene rings is 2. The summed E-state index contributed by atoms with van der Waals surface area (Å²) in [6.45, 7) is 4.17. The van der Waals surface area contributed by atoms with Gasteiger partial charge in [0.1, 0.15) is 12.4 Å². The van der Waals surface area contributed by atoms with Crippen molar-refractivity contribution < 1.29 is 19.0 Å². The lowest BCUT2D eigenvalue weighted by Crippen LogP contribution is -2.73. The number of rotatable bonds is 8. The fraction of sp³-hybridized carbons (Fsp3) is 0.536. The molecule has 0 spiro atoms. The standard InChI is InChI=1S/C28H35NO4/c1-3-4-16-32-26-23(33-19-20-8-6-5-7-9-20)11-10-21-17-24-28(31-2)13-12-22(30)18-27(28,25(21)26)14-15-29-24/h5-11,24,29H,3-4,12-19H2,1-2H3/t24-,27+,28+/m0/s1. The Kier molecular flexibility index (Phi) is 6.19. The topological polar surface area (TPSA) is 56.8 Å². The first-order chi connectivity index (χ1) is 16.1. The van der Waals surface area contributed by atoms with Gasteiger partial charge >= 0.3 is 0 Å². The van der Waals surface area contributed by atoms with Crippen molar-refractivity contribution in [3.63, 3.8) is 0 Å². The molecule has 1 aliphatic heterocycles. The van der Waals surface area contributed by atoms with E-state index in [9.17, 15) is 4.79 Å². The van der Waals surface area contributed by atoms with Gasteiger partial charge in [-0.1, -0.05) is 49.7 Å². The molecule has 0 amide bonds. The van der Waals surface area contributed by atoms with E-state index in [1.165, 1.54) is 5.56 Å². The molecule has 33 heavy (non-hydrogen) atoms. The van der Waals surface area contributed by atoms with Crippen LogP contribution in [-0.4, -0.2) is 37.7 Å². The summed E-state index contributed by atoms with van der Waals surface area (Å²) in [5.41, 5.74) is 2.76. The van der Waals surface area contributed by atoms with Crippen LogP contribution in [0.3, 0.4) is 0 Å². The second kappa shape index (κ2) is 9.11. The van der Waals surface area contributed by atoms with Crippen LogP contribution in [0.25, 0.3) is 0 Å². The number of methoxy groups -OCH3 is 1. The summed E-state index contributed by atoms with van der Waals surface area (Å²) in [5.74, 6) is 1.92. The molecule has 5 heteroatoms. The largest absolute Gasteiger partial charge is 0.489 e. The molecule has 0 radical (unpaired) electrons. The number of fused-ring (bicyclic) bond motifs is 1. The maximum atomic E-state index is 12.9. The maximum absolute atomic E-state index is 12.9. The lowest BCUT2D eigenvalue weighted by atomic mass is 9.49. The number of piperidine rings is 1. The van der Waals surface area contributed by atoms with Gasteiger partial charge in [0.25, 0.3) is 0 Å². The highest BCUT2D eigenvalue weighted by molar-refractivity contribution is 5.83. The molecule has 2 aliphatic carbocycles. The minimum absolute atomic E-state index is 0.205. The number of hydrogen-bond donors (Lipinski definition) is 1. The first-order valence-electron chi connectivity index (χ1n) is 12.4. The van der Waals surface area contributed by atoms with Crippen LogP contribution in [0.4, 0.5) is 0 Å². The molecule has 2 aromatic rings. The van der Waals surface area contributed by atoms with E-state index in [4.69, 9.17) is 14.2 Å². The van der Waals surface area contributed by atoms with Gasteiger partial charge in [-0.25, -0.2) is 0 Å². The molecule has 5 rings (SSSR count). The Hall–Kier alpha value is -2.37. The molecule has 2 aromatic carbocycles. The fourth-order valence-corrected chi connectivity index (χ4v) is 6.50. The molecule has 1 N–H and O–H groups in total. The summed E-state index contributed by atoms with van der Waals surface area (Å²) in [5, 5.41) is 3.72. The fourth-order valence-electron chi connectivity index (χ4n) is 6.50. The van der Waals surface area contributed by atoms with Crippen LogP contribution >= 0.6 is 0 Å². The number of ketones is 1. The van der Waals surface area contributed by atoms with E-state index in [1.54, 1.807) is 0 Å². The number of carbonyl (C=O) groups is 1. The Bertz CT molecular complexity index is 1010. The summed E-state index contributed by atoms with van der Waals surface area (Å²) < 4.78 is 19.3. The monoisotopic (exact) mass is 449 g/mol. The minimum Gasteiger partial charge on any atom is -0.489 e. The van der Waals surface area contributed by atoms with Gasteiger partial charge in [0.05, 0.1) is 12.2 Å². The Morgan fingerprint density at radius 3 is 2.73 bits per heavy atom. The van der Waals surface area contributed by atoms with Crippen molar-refractivity contribution in [2.75, 3.05) is 20.3 Å². The molecule has 3 atom stereocenters. The van der Waals surface area contributed by atoms with Crippen LogP contribution in [0, 0.1) is 0 Å². The highest BCUT2D eigenvalue weighted by atomic mass is 16.5. The van der Waals surface area contributed by atoms with Crippen molar-refractivity contribution in [3.05, 3.63) is 59.2 Å². The van der Waals surface area contributed by atoms with E-state index in [-0.39, 0.29) is 11.5 Å². The normalized spacial score (nSPS) is 28.1. The van der Waals surface area contributed by atoms with Crippen LogP contribution in [0.2, 0.25) is 0 Å². The van der Waals surface area contributed by atoms with Crippen molar-refractivity contribution in [3.8, 4) is 11.5 Å². The average Bonchev–Trinajstić information content (AvgIpc) is 2.83. The van der Waals surface area contributed by atoms with E-state index in [2.05, 4.69) is 36.5 Å². The molecule has 1 heterocycles. The van der Waals surface area contributed by atoms with E-state index in [0.717, 1.165) is 61.3 Å². The third-order valence-electron chi connectivity index (χ3n) is 8.05. The van der Waals surface area contributed by atoms with Gasteiger partial charge in [0.2, 0.25) is 0 Å². The number of Topliss-reactive ketones (excluding diaryl/α,β-unsaturated/α-hetero) is 1. The van der Waals surface area contributed by atoms with E-state index in [1.807, 2.05) is 25.3 Å².